The van der Waals surface area contributed by atoms with E-state index in [2.05, 4.69) is 24.4 Å². The maximum absolute atomic E-state index is 10.6. The smallest absolute Gasteiger partial charge is 0.307 e. The van der Waals surface area contributed by atoms with Crippen molar-refractivity contribution in [1.29, 1.82) is 0 Å². The van der Waals surface area contributed by atoms with Crippen LogP contribution >= 0.6 is 0 Å². The monoisotopic (exact) mass is 221 g/mol. The van der Waals surface area contributed by atoms with Crippen LogP contribution in [-0.2, 0) is 11.2 Å². The summed E-state index contributed by atoms with van der Waals surface area (Å²) < 4.78 is 0. The third-order valence-electron chi connectivity index (χ3n) is 2.58. The van der Waals surface area contributed by atoms with Crippen LogP contribution in [-0.4, -0.2) is 23.7 Å². The second kappa shape index (κ2) is 6.28. The van der Waals surface area contributed by atoms with Crippen molar-refractivity contribution in [2.45, 2.75) is 26.3 Å². The molecule has 2 N–H and O–H groups in total. The molecule has 2 unspecified atom stereocenters. The van der Waals surface area contributed by atoms with Crippen molar-refractivity contribution in [2.24, 2.45) is 5.92 Å². The number of carboxylic acids is 1. The molecule has 0 aliphatic rings. The van der Waals surface area contributed by atoms with Crippen LogP contribution in [0.3, 0.4) is 0 Å². The number of hydrogen-bond donors (Lipinski definition) is 2. The fraction of sp³-hybridized carbons (Fsp3) is 0.462. The molecular weight excluding hydrogens is 202 g/mol. The number of carboxylic acid groups (broad SMARTS) is 1. The molecule has 1 aromatic carbocycles. The average molecular weight is 221 g/mol. The third-order valence-corrected chi connectivity index (χ3v) is 2.58. The summed E-state index contributed by atoms with van der Waals surface area (Å²) in [6.07, 6.45) is 0.924. The van der Waals surface area contributed by atoms with Gasteiger partial charge in [-0.15, -0.1) is 0 Å². The predicted molar refractivity (Wildman–Crippen MR) is 64.4 cm³/mol. The molecule has 0 aliphatic carbocycles. The Morgan fingerprint density at radius 1 is 1.31 bits per heavy atom. The van der Waals surface area contributed by atoms with Crippen LogP contribution in [0.4, 0.5) is 0 Å². The van der Waals surface area contributed by atoms with Crippen molar-refractivity contribution < 1.29 is 9.90 Å². The standard InChI is InChI=1S/C13H19NO2/c1-10(13(15)16)9-14-11(2)8-12-6-4-3-5-7-12/h3-7,10-11,14H,8-9H2,1-2H3,(H,15,16). The molecule has 0 heterocycles. The van der Waals surface area contributed by atoms with Gasteiger partial charge in [-0.1, -0.05) is 37.3 Å². The Labute approximate surface area is 96.5 Å². The second-order valence-corrected chi connectivity index (χ2v) is 4.24. The predicted octanol–water partition coefficient (Wildman–Crippen LogP) is 1.93. The van der Waals surface area contributed by atoms with Gasteiger partial charge in [-0.05, 0) is 18.9 Å². The maximum atomic E-state index is 10.6. The summed E-state index contributed by atoms with van der Waals surface area (Å²) in [6.45, 7) is 4.30. The third kappa shape index (κ3) is 4.45. The Morgan fingerprint density at radius 2 is 1.94 bits per heavy atom. The molecule has 0 saturated heterocycles. The lowest BCUT2D eigenvalue weighted by Crippen LogP contribution is -2.34. The Bertz CT molecular complexity index is 324. The number of hydrogen-bond acceptors (Lipinski definition) is 2. The van der Waals surface area contributed by atoms with Gasteiger partial charge in [0.1, 0.15) is 0 Å². The molecule has 2 atom stereocenters. The summed E-state index contributed by atoms with van der Waals surface area (Å²) in [7, 11) is 0. The SMILES string of the molecule is CC(Cc1ccccc1)NCC(C)C(=O)O. The zero-order chi connectivity index (χ0) is 12.0. The zero-order valence-corrected chi connectivity index (χ0v) is 9.81. The molecule has 0 aromatic heterocycles. The van der Waals surface area contributed by atoms with Crippen molar-refractivity contribution in [1.82, 2.24) is 5.32 Å². The molecule has 16 heavy (non-hydrogen) atoms. The quantitative estimate of drug-likeness (QED) is 0.771. The van der Waals surface area contributed by atoms with Crippen LogP contribution in [0.15, 0.2) is 30.3 Å². The van der Waals surface area contributed by atoms with Gasteiger partial charge in [-0.2, -0.15) is 0 Å². The highest BCUT2D eigenvalue weighted by molar-refractivity contribution is 5.69. The fourth-order valence-electron chi connectivity index (χ4n) is 1.51. The van der Waals surface area contributed by atoms with E-state index in [4.69, 9.17) is 5.11 Å². The lowest BCUT2D eigenvalue weighted by atomic mass is 10.1. The molecule has 1 aromatic rings. The molecule has 0 amide bonds. The molecule has 0 bridgehead atoms. The highest BCUT2D eigenvalue weighted by atomic mass is 16.4. The minimum atomic E-state index is -0.751. The summed E-state index contributed by atoms with van der Waals surface area (Å²) in [5.74, 6) is -1.09. The van der Waals surface area contributed by atoms with Gasteiger partial charge in [-0.25, -0.2) is 0 Å². The molecule has 0 radical (unpaired) electrons. The van der Waals surface area contributed by atoms with E-state index in [1.165, 1.54) is 5.56 Å². The first-order valence-corrected chi connectivity index (χ1v) is 5.59. The van der Waals surface area contributed by atoms with E-state index in [-0.39, 0.29) is 5.92 Å². The Morgan fingerprint density at radius 3 is 2.50 bits per heavy atom. The summed E-state index contributed by atoms with van der Waals surface area (Å²) in [6, 6.07) is 10.5. The van der Waals surface area contributed by atoms with Gasteiger partial charge in [0.25, 0.3) is 0 Å². The molecule has 1 rings (SSSR count). The van der Waals surface area contributed by atoms with Crippen LogP contribution in [0.5, 0.6) is 0 Å². The molecule has 3 nitrogen and oxygen atoms in total. The lowest BCUT2D eigenvalue weighted by Gasteiger charge is -2.15. The largest absolute Gasteiger partial charge is 0.481 e. The Kier molecular flexibility index (Phi) is 4.99. The molecule has 0 aliphatic heterocycles. The molecule has 0 saturated carbocycles. The summed E-state index contributed by atoms with van der Waals surface area (Å²) in [4.78, 5) is 10.6. The molecule has 88 valence electrons. The van der Waals surface area contributed by atoms with Crippen molar-refractivity contribution >= 4 is 5.97 Å². The van der Waals surface area contributed by atoms with E-state index in [0.717, 1.165) is 6.42 Å². The first-order chi connectivity index (χ1) is 7.59. The van der Waals surface area contributed by atoms with Crippen molar-refractivity contribution in [3.8, 4) is 0 Å². The average Bonchev–Trinajstić information content (AvgIpc) is 2.27. The number of nitrogens with one attached hydrogen (secondary N) is 1. The van der Waals surface area contributed by atoms with E-state index in [9.17, 15) is 4.79 Å². The van der Waals surface area contributed by atoms with E-state index in [1.54, 1.807) is 6.92 Å². The number of carbonyl (C=O) groups is 1. The molecular formula is C13H19NO2. The van der Waals surface area contributed by atoms with E-state index >= 15 is 0 Å². The molecule has 0 fully saturated rings. The maximum Gasteiger partial charge on any atom is 0.307 e. The van der Waals surface area contributed by atoms with Crippen LogP contribution in [0.2, 0.25) is 0 Å². The van der Waals surface area contributed by atoms with E-state index in [0.29, 0.717) is 12.6 Å². The van der Waals surface area contributed by atoms with Crippen LogP contribution < -0.4 is 5.32 Å². The second-order valence-electron chi connectivity index (χ2n) is 4.24. The summed E-state index contributed by atoms with van der Waals surface area (Å²) in [5.41, 5.74) is 1.27. The highest BCUT2D eigenvalue weighted by Crippen LogP contribution is 2.03. The van der Waals surface area contributed by atoms with Crippen LogP contribution in [0.25, 0.3) is 0 Å². The van der Waals surface area contributed by atoms with Crippen molar-refractivity contribution in [3.63, 3.8) is 0 Å². The topological polar surface area (TPSA) is 49.3 Å². The van der Waals surface area contributed by atoms with Gasteiger partial charge in [0.15, 0.2) is 0 Å². The van der Waals surface area contributed by atoms with Crippen LogP contribution in [0.1, 0.15) is 19.4 Å². The van der Waals surface area contributed by atoms with E-state index < -0.39 is 5.97 Å². The fourth-order valence-corrected chi connectivity index (χ4v) is 1.51. The van der Waals surface area contributed by atoms with Crippen molar-refractivity contribution in [3.05, 3.63) is 35.9 Å². The van der Waals surface area contributed by atoms with Crippen LogP contribution in [0, 0.1) is 5.92 Å². The minimum absolute atomic E-state index is 0.296. The molecule has 0 spiro atoms. The van der Waals surface area contributed by atoms with Gasteiger partial charge in [0, 0.05) is 12.6 Å². The Balaban J connectivity index is 2.31. The first kappa shape index (κ1) is 12.7. The Hall–Kier alpha value is -1.35. The molecule has 3 heteroatoms. The van der Waals surface area contributed by atoms with Gasteiger partial charge in [-0.3, -0.25) is 4.79 Å². The number of benzene rings is 1. The summed E-state index contributed by atoms with van der Waals surface area (Å²) >= 11 is 0. The van der Waals surface area contributed by atoms with Gasteiger partial charge in [0.2, 0.25) is 0 Å². The van der Waals surface area contributed by atoms with E-state index in [1.807, 2.05) is 18.2 Å². The number of aliphatic carboxylic acids is 1. The van der Waals surface area contributed by atoms with Crippen molar-refractivity contribution in [2.75, 3.05) is 6.54 Å². The normalized spacial score (nSPS) is 14.4. The lowest BCUT2D eigenvalue weighted by molar-refractivity contribution is -0.140. The summed E-state index contributed by atoms with van der Waals surface area (Å²) in [5, 5.41) is 12.0. The van der Waals surface area contributed by atoms with Gasteiger partial charge in [0.05, 0.1) is 5.92 Å². The van der Waals surface area contributed by atoms with Gasteiger partial charge < -0.3 is 10.4 Å². The zero-order valence-electron chi connectivity index (χ0n) is 9.81. The number of rotatable bonds is 6. The van der Waals surface area contributed by atoms with Gasteiger partial charge >= 0.3 is 5.97 Å². The minimum Gasteiger partial charge on any atom is -0.481 e. The first-order valence-electron chi connectivity index (χ1n) is 5.59. The highest BCUT2D eigenvalue weighted by Gasteiger charge is 2.11.